The molecule has 0 radical (unpaired) electrons. The van der Waals surface area contributed by atoms with Crippen LogP contribution in [-0.4, -0.2) is 5.71 Å². The van der Waals surface area contributed by atoms with E-state index >= 15 is 0 Å². The van der Waals surface area contributed by atoms with Gasteiger partial charge in [0.25, 0.3) is 0 Å². The van der Waals surface area contributed by atoms with E-state index in [1.54, 1.807) is 18.4 Å². The zero-order valence-electron chi connectivity index (χ0n) is 10.5. The molecule has 0 aliphatic rings. The van der Waals surface area contributed by atoms with Gasteiger partial charge in [0.15, 0.2) is 0 Å². The van der Waals surface area contributed by atoms with Crippen molar-refractivity contribution in [2.75, 3.05) is 0 Å². The summed E-state index contributed by atoms with van der Waals surface area (Å²) >= 11 is 12.2. The molecule has 2 aromatic rings. The van der Waals surface area contributed by atoms with Gasteiger partial charge in [0.2, 0.25) is 0 Å². The molecule has 0 spiro atoms. The van der Waals surface area contributed by atoms with E-state index in [0.29, 0.717) is 16.6 Å². The van der Waals surface area contributed by atoms with Crippen LogP contribution in [-0.2, 0) is 6.54 Å². The van der Waals surface area contributed by atoms with E-state index < -0.39 is 0 Å². The Balaban J connectivity index is 2.06. The monoisotopic (exact) mass is 296 g/mol. The highest BCUT2D eigenvalue weighted by Crippen LogP contribution is 2.23. The van der Waals surface area contributed by atoms with Crippen LogP contribution in [0.15, 0.2) is 46.1 Å². The van der Waals surface area contributed by atoms with E-state index in [2.05, 4.69) is 10.5 Å². The summed E-state index contributed by atoms with van der Waals surface area (Å²) in [6.45, 7) is 2.49. The molecule has 1 aromatic carbocycles. The molecule has 0 saturated heterocycles. The molecule has 0 atom stereocenters. The van der Waals surface area contributed by atoms with Crippen LogP contribution < -0.4 is 5.43 Å². The van der Waals surface area contributed by atoms with Crippen molar-refractivity contribution in [3.05, 3.63) is 58.0 Å². The third kappa shape index (κ3) is 3.52. The van der Waals surface area contributed by atoms with Gasteiger partial charge >= 0.3 is 0 Å². The predicted molar refractivity (Wildman–Crippen MR) is 78.8 cm³/mol. The topological polar surface area (TPSA) is 37.5 Å². The molecule has 0 amide bonds. The summed E-state index contributed by atoms with van der Waals surface area (Å²) in [5.74, 6) is 0.764. The van der Waals surface area contributed by atoms with E-state index in [0.717, 1.165) is 23.5 Å². The van der Waals surface area contributed by atoms with Gasteiger partial charge in [-0.3, -0.25) is 0 Å². The Labute approximate surface area is 122 Å². The van der Waals surface area contributed by atoms with Crippen LogP contribution in [0.3, 0.4) is 0 Å². The van der Waals surface area contributed by atoms with E-state index in [9.17, 15) is 0 Å². The average molecular weight is 297 g/mol. The number of rotatable bonds is 5. The third-order valence-corrected chi connectivity index (χ3v) is 3.38. The second-order valence-electron chi connectivity index (χ2n) is 3.92. The van der Waals surface area contributed by atoms with Crippen molar-refractivity contribution >= 4 is 28.9 Å². The summed E-state index contributed by atoms with van der Waals surface area (Å²) in [6.07, 6.45) is 2.40. The van der Waals surface area contributed by atoms with Crippen molar-refractivity contribution < 1.29 is 4.42 Å². The van der Waals surface area contributed by atoms with Crippen molar-refractivity contribution in [3.63, 3.8) is 0 Å². The van der Waals surface area contributed by atoms with Crippen molar-refractivity contribution in [1.29, 1.82) is 0 Å². The first kappa shape index (κ1) is 14.0. The summed E-state index contributed by atoms with van der Waals surface area (Å²) < 4.78 is 5.31. The lowest BCUT2D eigenvalue weighted by Crippen LogP contribution is -2.11. The molecule has 100 valence electrons. The summed E-state index contributed by atoms with van der Waals surface area (Å²) in [5, 5.41) is 5.58. The number of hydrogen-bond acceptors (Lipinski definition) is 3. The van der Waals surface area contributed by atoms with Crippen molar-refractivity contribution in [2.45, 2.75) is 19.9 Å². The maximum absolute atomic E-state index is 6.09. The Morgan fingerprint density at radius 2 is 1.95 bits per heavy atom. The minimum Gasteiger partial charge on any atom is -0.463 e. The summed E-state index contributed by atoms with van der Waals surface area (Å²) in [7, 11) is 0. The highest BCUT2D eigenvalue weighted by molar-refractivity contribution is 6.35. The van der Waals surface area contributed by atoms with Gasteiger partial charge in [0.05, 0.1) is 12.8 Å². The Kier molecular flexibility index (Phi) is 4.88. The fourth-order valence-electron chi connectivity index (χ4n) is 1.67. The summed E-state index contributed by atoms with van der Waals surface area (Å²) in [4.78, 5) is 0. The molecule has 0 aliphatic heterocycles. The second-order valence-corrected chi connectivity index (χ2v) is 4.74. The first-order valence-electron chi connectivity index (χ1n) is 5.98. The molecule has 0 fully saturated rings. The predicted octanol–water partition coefficient (Wildman–Crippen LogP) is 4.49. The normalized spacial score (nSPS) is 11.6. The SMILES string of the molecule is CC/C(=N\NCc1c(Cl)cccc1Cl)c1ccco1. The fraction of sp³-hybridized carbons (Fsp3) is 0.214. The molecule has 1 N–H and O–H groups in total. The molecule has 0 bridgehead atoms. The van der Waals surface area contributed by atoms with Crippen LogP contribution in [0.1, 0.15) is 24.7 Å². The maximum Gasteiger partial charge on any atom is 0.149 e. The molecule has 1 aromatic heterocycles. The Hall–Kier alpha value is -1.45. The van der Waals surface area contributed by atoms with Gasteiger partial charge in [-0.2, -0.15) is 5.10 Å². The quantitative estimate of drug-likeness (QED) is 0.652. The van der Waals surface area contributed by atoms with Crippen molar-refractivity contribution in [1.82, 2.24) is 5.43 Å². The standard InChI is InChI=1S/C14H14Cl2N2O/c1-2-13(14-7-4-8-19-14)18-17-9-10-11(15)5-3-6-12(10)16/h3-8,17H,2,9H2,1H3/b18-13+. The number of nitrogens with one attached hydrogen (secondary N) is 1. The Morgan fingerprint density at radius 3 is 2.53 bits per heavy atom. The number of hydrogen-bond donors (Lipinski definition) is 1. The molecule has 5 heteroatoms. The first-order valence-corrected chi connectivity index (χ1v) is 6.74. The number of nitrogens with zero attached hydrogens (tertiary/aromatic N) is 1. The molecule has 0 aliphatic carbocycles. The largest absolute Gasteiger partial charge is 0.463 e. The molecular formula is C14H14Cl2N2O. The molecule has 19 heavy (non-hydrogen) atoms. The zero-order chi connectivity index (χ0) is 13.7. The second kappa shape index (κ2) is 6.64. The van der Waals surface area contributed by atoms with Crippen molar-refractivity contribution in [3.8, 4) is 0 Å². The third-order valence-electron chi connectivity index (χ3n) is 2.67. The van der Waals surface area contributed by atoms with E-state index in [1.165, 1.54) is 0 Å². The lowest BCUT2D eigenvalue weighted by molar-refractivity contribution is 0.554. The zero-order valence-corrected chi connectivity index (χ0v) is 12.0. The molecule has 2 rings (SSSR count). The van der Waals surface area contributed by atoms with Gasteiger partial charge in [-0.15, -0.1) is 0 Å². The number of halogens is 2. The highest BCUT2D eigenvalue weighted by Gasteiger charge is 2.06. The number of furan rings is 1. The van der Waals surface area contributed by atoms with Crippen LogP contribution in [0.25, 0.3) is 0 Å². The highest BCUT2D eigenvalue weighted by atomic mass is 35.5. The van der Waals surface area contributed by atoms with Gasteiger partial charge in [-0.05, 0) is 30.7 Å². The van der Waals surface area contributed by atoms with Gasteiger partial charge < -0.3 is 9.84 Å². The first-order chi connectivity index (χ1) is 9.22. The fourth-order valence-corrected chi connectivity index (χ4v) is 2.20. The Bertz CT molecular complexity index is 545. The van der Waals surface area contributed by atoms with E-state index in [-0.39, 0.29) is 0 Å². The molecule has 0 saturated carbocycles. The summed E-state index contributed by atoms with van der Waals surface area (Å²) in [6, 6.07) is 9.15. The average Bonchev–Trinajstić information content (AvgIpc) is 2.91. The van der Waals surface area contributed by atoms with E-state index in [4.69, 9.17) is 27.6 Å². The lowest BCUT2D eigenvalue weighted by Gasteiger charge is -2.07. The molecule has 1 heterocycles. The minimum absolute atomic E-state index is 0.475. The van der Waals surface area contributed by atoms with Crippen LogP contribution in [0, 0.1) is 0 Å². The van der Waals surface area contributed by atoms with Crippen LogP contribution in [0.4, 0.5) is 0 Å². The summed E-state index contributed by atoms with van der Waals surface area (Å²) in [5.41, 5.74) is 4.67. The number of hydrazone groups is 1. The van der Waals surface area contributed by atoms with Crippen LogP contribution >= 0.6 is 23.2 Å². The van der Waals surface area contributed by atoms with Gasteiger partial charge in [0, 0.05) is 15.6 Å². The molecular weight excluding hydrogens is 283 g/mol. The van der Waals surface area contributed by atoms with Crippen LogP contribution in [0.5, 0.6) is 0 Å². The molecule has 3 nitrogen and oxygen atoms in total. The van der Waals surface area contributed by atoms with Gasteiger partial charge in [-0.1, -0.05) is 36.2 Å². The Morgan fingerprint density at radius 1 is 1.21 bits per heavy atom. The van der Waals surface area contributed by atoms with Crippen molar-refractivity contribution in [2.24, 2.45) is 5.10 Å². The minimum atomic E-state index is 0.475. The van der Waals surface area contributed by atoms with Gasteiger partial charge in [0.1, 0.15) is 11.5 Å². The number of benzene rings is 1. The smallest absolute Gasteiger partial charge is 0.149 e. The van der Waals surface area contributed by atoms with Gasteiger partial charge in [-0.25, -0.2) is 0 Å². The molecule has 0 unspecified atom stereocenters. The van der Waals surface area contributed by atoms with E-state index in [1.807, 2.05) is 25.1 Å². The van der Waals surface area contributed by atoms with Crippen LogP contribution in [0.2, 0.25) is 10.0 Å². The lowest BCUT2D eigenvalue weighted by atomic mass is 10.2. The maximum atomic E-state index is 6.09.